The topological polar surface area (TPSA) is 46.3 Å². The normalized spacial score (nSPS) is 30.6. The van der Waals surface area contributed by atoms with Crippen molar-refractivity contribution in [3.05, 3.63) is 30.1 Å². The summed E-state index contributed by atoms with van der Waals surface area (Å²) in [5.74, 6) is 1.04. The first kappa shape index (κ1) is 10.7. The number of benzene rings is 1. The van der Waals surface area contributed by atoms with Gasteiger partial charge in [0.25, 0.3) is 0 Å². The van der Waals surface area contributed by atoms with Gasteiger partial charge in [0.15, 0.2) is 0 Å². The average Bonchev–Trinajstić information content (AvgIpc) is 2.88. The molecule has 4 heteroatoms. The van der Waals surface area contributed by atoms with Crippen LogP contribution in [-0.4, -0.2) is 19.0 Å². The number of hydrogen-bond donors (Lipinski definition) is 1. The summed E-state index contributed by atoms with van der Waals surface area (Å²) < 4.78 is 12.8. The maximum absolute atomic E-state index is 12.8. The molecule has 2 N–H and O–H groups in total. The number of carbonyl (C=O) groups is 1. The molecule has 0 spiro atoms. The first-order valence-electron chi connectivity index (χ1n) is 5.99. The average molecular weight is 234 g/mol. The lowest BCUT2D eigenvalue weighted by Crippen LogP contribution is -2.30. The Morgan fingerprint density at radius 1 is 1.35 bits per heavy atom. The van der Waals surface area contributed by atoms with Crippen molar-refractivity contribution in [3.8, 4) is 0 Å². The molecule has 2 aliphatic rings. The molecule has 3 nitrogen and oxygen atoms in total. The SMILES string of the molecule is NCC[C@H]1[C@@H]2CN(c3ccc(F)cc3)C(=O)[C@H]12. The number of nitrogens with zero attached hydrogens (tertiary/aromatic N) is 1. The number of amides is 1. The first-order chi connectivity index (χ1) is 8.22. The molecule has 0 aromatic heterocycles. The minimum atomic E-state index is -0.272. The summed E-state index contributed by atoms with van der Waals surface area (Å²) in [7, 11) is 0. The fraction of sp³-hybridized carbons (Fsp3) is 0.462. The van der Waals surface area contributed by atoms with Crippen molar-refractivity contribution in [3.63, 3.8) is 0 Å². The van der Waals surface area contributed by atoms with Gasteiger partial charge in [-0.1, -0.05) is 0 Å². The van der Waals surface area contributed by atoms with E-state index in [9.17, 15) is 9.18 Å². The van der Waals surface area contributed by atoms with Gasteiger partial charge in [-0.15, -0.1) is 0 Å². The van der Waals surface area contributed by atoms with Crippen LogP contribution < -0.4 is 10.6 Å². The second-order valence-corrected chi connectivity index (χ2v) is 4.86. The number of hydrogen-bond acceptors (Lipinski definition) is 2. The number of anilines is 1. The Kier molecular flexibility index (Phi) is 2.40. The lowest BCUT2D eigenvalue weighted by Gasteiger charge is -2.19. The second-order valence-electron chi connectivity index (χ2n) is 4.86. The standard InChI is InChI=1S/C13H15FN2O/c14-8-1-3-9(4-2-8)16-7-11-10(5-6-15)12(11)13(16)17/h1-4,10-12H,5-7,15H2/t10-,11-,12+/m0/s1. The summed E-state index contributed by atoms with van der Waals surface area (Å²) in [6.07, 6.45) is 0.943. The molecule has 0 bridgehead atoms. The Morgan fingerprint density at radius 3 is 2.59 bits per heavy atom. The van der Waals surface area contributed by atoms with Crippen molar-refractivity contribution in [2.45, 2.75) is 6.42 Å². The van der Waals surface area contributed by atoms with Crippen molar-refractivity contribution in [1.29, 1.82) is 0 Å². The van der Waals surface area contributed by atoms with E-state index in [0.29, 0.717) is 18.4 Å². The summed E-state index contributed by atoms with van der Waals surface area (Å²) >= 11 is 0. The van der Waals surface area contributed by atoms with Gasteiger partial charge in [0.05, 0.1) is 0 Å². The first-order valence-corrected chi connectivity index (χ1v) is 5.99. The predicted molar refractivity (Wildman–Crippen MR) is 62.9 cm³/mol. The van der Waals surface area contributed by atoms with Crippen LogP contribution in [0, 0.1) is 23.6 Å². The number of piperidine rings is 1. The Balaban J connectivity index is 1.73. The molecule has 90 valence electrons. The van der Waals surface area contributed by atoms with E-state index in [1.807, 2.05) is 0 Å². The van der Waals surface area contributed by atoms with Crippen molar-refractivity contribution >= 4 is 11.6 Å². The number of fused-ring (bicyclic) bond motifs is 1. The molecular formula is C13H15FN2O. The molecule has 17 heavy (non-hydrogen) atoms. The van der Waals surface area contributed by atoms with Crippen molar-refractivity contribution < 1.29 is 9.18 Å². The lowest BCUT2D eigenvalue weighted by atomic mass is 10.2. The quantitative estimate of drug-likeness (QED) is 0.859. The summed E-state index contributed by atoms with van der Waals surface area (Å²) in [5, 5.41) is 0. The molecule has 0 radical (unpaired) electrons. The van der Waals surface area contributed by atoms with Gasteiger partial charge in [-0.05, 0) is 49.1 Å². The van der Waals surface area contributed by atoms with E-state index in [2.05, 4.69) is 0 Å². The van der Waals surface area contributed by atoms with Gasteiger partial charge < -0.3 is 10.6 Å². The number of carbonyl (C=O) groups excluding carboxylic acids is 1. The number of rotatable bonds is 3. The molecule has 1 aliphatic carbocycles. The Morgan fingerprint density at radius 2 is 2.06 bits per heavy atom. The van der Waals surface area contributed by atoms with Crippen LogP contribution in [0.15, 0.2) is 24.3 Å². The zero-order valence-electron chi connectivity index (χ0n) is 9.47. The number of nitrogens with two attached hydrogens (primary N) is 1. The smallest absolute Gasteiger partial charge is 0.230 e. The Hall–Kier alpha value is -1.42. The van der Waals surface area contributed by atoms with E-state index >= 15 is 0 Å². The third-order valence-corrected chi connectivity index (χ3v) is 3.91. The minimum absolute atomic E-state index is 0.170. The van der Waals surface area contributed by atoms with Gasteiger partial charge in [0.1, 0.15) is 5.82 Å². The van der Waals surface area contributed by atoms with Gasteiger partial charge in [-0.3, -0.25) is 4.79 Å². The second kappa shape index (κ2) is 3.81. The fourth-order valence-corrected chi connectivity index (χ4v) is 2.98. The summed E-state index contributed by atoms with van der Waals surface area (Å²) in [6.45, 7) is 1.42. The van der Waals surface area contributed by atoms with E-state index in [1.54, 1.807) is 17.0 Å². The third kappa shape index (κ3) is 1.63. The molecule has 3 rings (SSSR count). The van der Waals surface area contributed by atoms with E-state index in [1.165, 1.54) is 12.1 Å². The molecular weight excluding hydrogens is 219 g/mol. The van der Waals surface area contributed by atoms with Gasteiger partial charge in [-0.2, -0.15) is 0 Å². The molecule has 1 amide bonds. The molecule has 1 saturated carbocycles. The molecule has 1 heterocycles. The largest absolute Gasteiger partial charge is 0.330 e. The van der Waals surface area contributed by atoms with Gasteiger partial charge >= 0.3 is 0 Å². The van der Waals surface area contributed by atoms with Crippen LogP contribution in [-0.2, 0) is 4.79 Å². The molecule has 2 fully saturated rings. The summed E-state index contributed by atoms with van der Waals surface area (Å²) in [6, 6.07) is 6.11. The van der Waals surface area contributed by atoms with Crippen LogP contribution in [0.25, 0.3) is 0 Å². The molecule has 3 atom stereocenters. The zero-order chi connectivity index (χ0) is 12.0. The van der Waals surface area contributed by atoms with Crippen LogP contribution in [0.5, 0.6) is 0 Å². The van der Waals surface area contributed by atoms with Crippen LogP contribution >= 0.6 is 0 Å². The highest BCUT2D eigenvalue weighted by Gasteiger charge is 2.60. The molecule has 1 aromatic rings. The molecule has 1 saturated heterocycles. The highest BCUT2D eigenvalue weighted by molar-refractivity contribution is 6.00. The van der Waals surface area contributed by atoms with Crippen molar-refractivity contribution in [2.24, 2.45) is 23.5 Å². The maximum Gasteiger partial charge on any atom is 0.230 e. The Labute approximate surface area is 99.4 Å². The minimum Gasteiger partial charge on any atom is -0.330 e. The van der Waals surface area contributed by atoms with Crippen molar-refractivity contribution in [2.75, 3.05) is 18.0 Å². The Bertz CT molecular complexity index is 445. The van der Waals surface area contributed by atoms with E-state index in [4.69, 9.17) is 5.73 Å². The van der Waals surface area contributed by atoms with Gasteiger partial charge in [0, 0.05) is 18.2 Å². The molecule has 1 aliphatic heterocycles. The number of halogens is 1. The van der Waals surface area contributed by atoms with Crippen LogP contribution in [0.1, 0.15) is 6.42 Å². The third-order valence-electron chi connectivity index (χ3n) is 3.91. The zero-order valence-corrected chi connectivity index (χ0v) is 9.47. The highest BCUT2D eigenvalue weighted by atomic mass is 19.1. The van der Waals surface area contributed by atoms with Gasteiger partial charge in [0.2, 0.25) is 5.91 Å². The van der Waals surface area contributed by atoms with E-state index in [-0.39, 0.29) is 17.6 Å². The highest BCUT2D eigenvalue weighted by Crippen LogP contribution is 2.54. The van der Waals surface area contributed by atoms with Crippen molar-refractivity contribution in [1.82, 2.24) is 0 Å². The van der Waals surface area contributed by atoms with Crippen LogP contribution in [0.2, 0.25) is 0 Å². The summed E-state index contributed by atoms with van der Waals surface area (Å²) in [5.41, 5.74) is 6.31. The predicted octanol–water partition coefficient (Wildman–Crippen LogP) is 1.38. The van der Waals surface area contributed by atoms with Crippen LogP contribution in [0.4, 0.5) is 10.1 Å². The monoisotopic (exact) mass is 234 g/mol. The van der Waals surface area contributed by atoms with E-state index < -0.39 is 0 Å². The van der Waals surface area contributed by atoms with Crippen LogP contribution in [0.3, 0.4) is 0 Å². The lowest BCUT2D eigenvalue weighted by molar-refractivity contribution is -0.119. The maximum atomic E-state index is 12.8. The fourth-order valence-electron chi connectivity index (χ4n) is 2.98. The van der Waals surface area contributed by atoms with E-state index in [0.717, 1.165) is 18.7 Å². The molecule has 0 unspecified atom stereocenters. The summed E-state index contributed by atoms with van der Waals surface area (Å²) in [4.78, 5) is 13.9. The molecule has 1 aromatic carbocycles. The van der Waals surface area contributed by atoms with Gasteiger partial charge in [-0.25, -0.2) is 4.39 Å².